The quantitative estimate of drug-likeness (QED) is 0.921. The molecule has 19 heavy (non-hydrogen) atoms. The second-order valence-corrected chi connectivity index (χ2v) is 5.34. The minimum absolute atomic E-state index is 0.0851. The Hall–Kier alpha value is -1.40. The van der Waals surface area contributed by atoms with Crippen molar-refractivity contribution in [3.63, 3.8) is 0 Å². The molecule has 102 valence electrons. The largest absolute Gasteiger partial charge is 0.481 e. The van der Waals surface area contributed by atoms with E-state index in [0.717, 1.165) is 15.7 Å². The predicted octanol–water partition coefficient (Wildman–Crippen LogP) is 1.96. The van der Waals surface area contributed by atoms with Crippen molar-refractivity contribution in [2.24, 2.45) is 0 Å². The van der Waals surface area contributed by atoms with Crippen molar-refractivity contribution in [2.45, 2.75) is 19.4 Å². The molecule has 0 aromatic heterocycles. The average molecular weight is 328 g/mol. The Morgan fingerprint density at radius 2 is 2.32 bits per heavy atom. The van der Waals surface area contributed by atoms with Gasteiger partial charge in [-0.3, -0.25) is 9.59 Å². The van der Waals surface area contributed by atoms with Gasteiger partial charge in [0.05, 0.1) is 24.8 Å². The number of nitrogens with zero attached hydrogens (tertiary/aromatic N) is 1. The molecule has 1 N–H and O–H groups in total. The summed E-state index contributed by atoms with van der Waals surface area (Å²) in [4.78, 5) is 24.2. The predicted molar refractivity (Wildman–Crippen MR) is 73.2 cm³/mol. The molecule has 1 aliphatic heterocycles. The van der Waals surface area contributed by atoms with E-state index in [2.05, 4.69) is 15.9 Å². The highest BCUT2D eigenvalue weighted by Gasteiger charge is 2.29. The number of amides is 1. The van der Waals surface area contributed by atoms with Gasteiger partial charge in [0.25, 0.3) is 5.91 Å². The molecule has 0 bridgehead atoms. The fraction of sp³-hybridized carbons (Fsp3) is 0.385. The monoisotopic (exact) mass is 327 g/mol. The van der Waals surface area contributed by atoms with Gasteiger partial charge in [-0.05, 0) is 40.5 Å². The number of carbonyl (C=O) groups excluding carboxylic acids is 1. The van der Waals surface area contributed by atoms with Crippen LogP contribution in [0.1, 0.15) is 12.0 Å². The maximum Gasteiger partial charge on any atom is 0.306 e. The number of morpholine rings is 1. The molecule has 0 radical (unpaired) electrons. The highest BCUT2D eigenvalue weighted by Crippen LogP contribution is 2.29. The Morgan fingerprint density at radius 1 is 1.58 bits per heavy atom. The van der Waals surface area contributed by atoms with Crippen molar-refractivity contribution in [3.05, 3.63) is 28.2 Å². The topological polar surface area (TPSA) is 66.8 Å². The van der Waals surface area contributed by atoms with E-state index in [1.165, 1.54) is 0 Å². The number of halogens is 1. The van der Waals surface area contributed by atoms with Gasteiger partial charge >= 0.3 is 5.97 Å². The van der Waals surface area contributed by atoms with Gasteiger partial charge in [0, 0.05) is 4.47 Å². The molecule has 1 aromatic carbocycles. The Morgan fingerprint density at radius 3 is 2.95 bits per heavy atom. The number of anilines is 1. The summed E-state index contributed by atoms with van der Waals surface area (Å²) < 4.78 is 6.05. The lowest BCUT2D eigenvalue weighted by molar-refractivity contribution is -0.143. The van der Waals surface area contributed by atoms with Crippen LogP contribution in [-0.2, 0) is 14.3 Å². The molecule has 5 nitrogen and oxygen atoms in total. The zero-order chi connectivity index (χ0) is 14.0. The number of hydrogen-bond donors (Lipinski definition) is 1. The number of benzene rings is 1. The Kier molecular flexibility index (Phi) is 4.21. The molecule has 6 heteroatoms. The Bertz CT molecular complexity index is 517. The third kappa shape index (κ3) is 3.33. The van der Waals surface area contributed by atoms with Crippen molar-refractivity contribution in [1.82, 2.24) is 0 Å². The normalized spacial score (nSPS) is 19.6. The van der Waals surface area contributed by atoms with E-state index in [1.807, 2.05) is 25.1 Å². The smallest absolute Gasteiger partial charge is 0.306 e. The van der Waals surface area contributed by atoms with E-state index in [9.17, 15) is 9.59 Å². The van der Waals surface area contributed by atoms with Crippen molar-refractivity contribution in [3.8, 4) is 0 Å². The van der Waals surface area contributed by atoms with E-state index in [1.54, 1.807) is 4.90 Å². The molecule has 0 aliphatic carbocycles. The highest BCUT2D eigenvalue weighted by atomic mass is 79.9. The minimum Gasteiger partial charge on any atom is -0.481 e. The highest BCUT2D eigenvalue weighted by molar-refractivity contribution is 9.10. The first-order valence-corrected chi connectivity index (χ1v) is 6.66. The molecule has 1 aromatic rings. The lowest BCUT2D eigenvalue weighted by Crippen LogP contribution is -2.47. The van der Waals surface area contributed by atoms with E-state index in [4.69, 9.17) is 9.84 Å². The Labute approximate surface area is 119 Å². The lowest BCUT2D eigenvalue weighted by atomic mass is 10.1. The van der Waals surface area contributed by atoms with Crippen LogP contribution in [0.2, 0.25) is 0 Å². The third-order valence-corrected chi connectivity index (χ3v) is 3.56. The van der Waals surface area contributed by atoms with E-state index < -0.39 is 12.1 Å². The first kappa shape index (κ1) is 14.0. The molecule has 1 heterocycles. The second kappa shape index (κ2) is 5.71. The van der Waals surface area contributed by atoms with Crippen LogP contribution in [0.25, 0.3) is 0 Å². The third-order valence-electron chi connectivity index (χ3n) is 2.93. The van der Waals surface area contributed by atoms with Crippen molar-refractivity contribution < 1.29 is 19.4 Å². The zero-order valence-corrected chi connectivity index (χ0v) is 12.0. The van der Waals surface area contributed by atoms with Crippen LogP contribution in [-0.4, -0.2) is 36.2 Å². The van der Waals surface area contributed by atoms with E-state index >= 15 is 0 Å². The SMILES string of the molecule is Cc1ccc(N2CC(CC(=O)O)OCC2=O)c(Br)c1. The van der Waals surface area contributed by atoms with Crippen molar-refractivity contribution >= 4 is 33.5 Å². The van der Waals surface area contributed by atoms with Gasteiger partial charge < -0.3 is 14.7 Å². The van der Waals surface area contributed by atoms with Gasteiger partial charge in [-0.15, -0.1) is 0 Å². The summed E-state index contributed by atoms with van der Waals surface area (Å²) in [5, 5.41) is 8.79. The van der Waals surface area contributed by atoms with Crippen LogP contribution in [0.15, 0.2) is 22.7 Å². The van der Waals surface area contributed by atoms with Crippen LogP contribution in [0.3, 0.4) is 0 Å². The summed E-state index contributed by atoms with van der Waals surface area (Å²) in [6.45, 7) is 2.13. The summed E-state index contributed by atoms with van der Waals surface area (Å²) in [7, 11) is 0. The van der Waals surface area contributed by atoms with E-state index in [0.29, 0.717) is 0 Å². The van der Waals surface area contributed by atoms with Crippen LogP contribution in [0.5, 0.6) is 0 Å². The number of rotatable bonds is 3. The molecular formula is C13H14BrNO4. The fourth-order valence-electron chi connectivity index (χ4n) is 2.01. The maximum absolute atomic E-state index is 11.9. The fourth-order valence-corrected chi connectivity index (χ4v) is 2.71. The lowest BCUT2D eigenvalue weighted by Gasteiger charge is -2.32. The van der Waals surface area contributed by atoms with Crippen LogP contribution >= 0.6 is 15.9 Å². The first-order chi connectivity index (χ1) is 8.97. The maximum atomic E-state index is 11.9. The molecular weight excluding hydrogens is 314 g/mol. The average Bonchev–Trinajstić information content (AvgIpc) is 2.31. The number of carbonyl (C=O) groups is 2. The molecule has 1 unspecified atom stereocenters. The number of hydrogen-bond acceptors (Lipinski definition) is 3. The summed E-state index contributed by atoms with van der Waals surface area (Å²) in [6, 6.07) is 5.68. The number of aryl methyl sites for hydroxylation is 1. The van der Waals surface area contributed by atoms with Crippen LogP contribution in [0.4, 0.5) is 5.69 Å². The summed E-state index contributed by atoms with van der Waals surface area (Å²) in [5.74, 6) is -1.09. The first-order valence-electron chi connectivity index (χ1n) is 5.87. The number of aliphatic carboxylic acids is 1. The van der Waals surface area contributed by atoms with Gasteiger partial charge in [-0.1, -0.05) is 6.07 Å². The summed E-state index contributed by atoms with van der Waals surface area (Å²) in [6.07, 6.45) is -0.573. The summed E-state index contributed by atoms with van der Waals surface area (Å²) >= 11 is 3.43. The number of carboxylic acids is 1. The van der Waals surface area contributed by atoms with Crippen LogP contribution < -0.4 is 4.90 Å². The zero-order valence-electron chi connectivity index (χ0n) is 10.4. The van der Waals surface area contributed by atoms with Gasteiger partial charge in [0.15, 0.2) is 0 Å². The Balaban J connectivity index is 2.21. The molecule has 1 amide bonds. The van der Waals surface area contributed by atoms with Crippen molar-refractivity contribution in [1.29, 1.82) is 0 Å². The molecule has 1 saturated heterocycles. The van der Waals surface area contributed by atoms with Crippen molar-refractivity contribution in [2.75, 3.05) is 18.1 Å². The molecule has 0 spiro atoms. The minimum atomic E-state index is -0.928. The standard InChI is InChI=1S/C13H14BrNO4/c1-8-2-3-11(10(14)4-8)15-6-9(5-13(17)18)19-7-12(15)16/h2-4,9H,5-7H2,1H3,(H,17,18). The van der Waals surface area contributed by atoms with Gasteiger partial charge in [0.1, 0.15) is 6.61 Å². The number of carboxylic acid groups (broad SMARTS) is 1. The second-order valence-electron chi connectivity index (χ2n) is 4.49. The number of ether oxygens (including phenoxy) is 1. The molecule has 1 aliphatic rings. The van der Waals surface area contributed by atoms with Gasteiger partial charge in [-0.2, -0.15) is 0 Å². The van der Waals surface area contributed by atoms with Gasteiger partial charge in [0.2, 0.25) is 0 Å². The molecule has 1 fully saturated rings. The molecule has 1 atom stereocenters. The van der Waals surface area contributed by atoms with Crippen LogP contribution in [0, 0.1) is 6.92 Å². The summed E-state index contributed by atoms with van der Waals surface area (Å²) in [5.41, 5.74) is 1.83. The molecule has 2 rings (SSSR count). The van der Waals surface area contributed by atoms with Gasteiger partial charge in [-0.25, -0.2) is 0 Å². The molecule has 0 saturated carbocycles. The van der Waals surface area contributed by atoms with E-state index in [-0.39, 0.29) is 25.5 Å².